The molecule has 3 rings (SSSR count). The molecule has 2 heterocycles. The van der Waals surface area contributed by atoms with Gasteiger partial charge in [-0.25, -0.2) is 9.36 Å². The molecule has 0 saturated carbocycles. The maximum Gasteiger partial charge on any atom is 0.275 e. The zero-order valence-electron chi connectivity index (χ0n) is 8.52. The van der Waals surface area contributed by atoms with Crippen LogP contribution >= 0.6 is 0 Å². The van der Waals surface area contributed by atoms with Crippen LogP contribution in [0.25, 0.3) is 10.8 Å². The van der Waals surface area contributed by atoms with Crippen molar-refractivity contribution in [1.82, 2.24) is 9.36 Å². The molecule has 1 aromatic heterocycles. The first-order valence-electron chi connectivity index (χ1n) is 4.83. The highest BCUT2D eigenvalue weighted by Gasteiger charge is 2.44. The molecule has 4 heteroatoms. The summed E-state index contributed by atoms with van der Waals surface area (Å²) in [5.41, 5.74) is -0.641. The summed E-state index contributed by atoms with van der Waals surface area (Å²) < 4.78 is 3.00. The Hall–Kier alpha value is -1.84. The molecule has 1 aromatic carbocycles. The highest BCUT2D eigenvalue weighted by Crippen LogP contribution is 2.27. The Morgan fingerprint density at radius 1 is 0.933 bits per heavy atom. The molecule has 0 fully saturated rings. The second-order valence-electron chi connectivity index (χ2n) is 4.27. The lowest BCUT2D eigenvalue weighted by Crippen LogP contribution is -2.18. The van der Waals surface area contributed by atoms with Gasteiger partial charge in [0.15, 0.2) is 5.66 Å². The van der Waals surface area contributed by atoms with E-state index in [2.05, 4.69) is 0 Å². The molecule has 1 aliphatic heterocycles. The van der Waals surface area contributed by atoms with Crippen molar-refractivity contribution in [2.45, 2.75) is 19.5 Å². The molecular weight excluding hydrogens is 192 g/mol. The van der Waals surface area contributed by atoms with Gasteiger partial charge >= 0.3 is 0 Å². The Kier molecular flexibility index (Phi) is 1.25. The zero-order valence-corrected chi connectivity index (χ0v) is 8.52. The summed E-state index contributed by atoms with van der Waals surface area (Å²) in [4.78, 5) is 23.9. The van der Waals surface area contributed by atoms with Gasteiger partial charge in [-0.1, -0.05) is 12.1 Å². The minimum Gasteiger partial charge on any atom is -0.267 e. The third kappa shape index (κ3) is 0.819. The maximum atomic E-state index is 12.0. The summed E-state index contributed by atoms with van der Waals surface area (Å²) in [5, 5.41) is 1.01. The van der Waals surface area contributed by atoms with Crippen LogP contribution in [-0.4, -0.2) is 9.36 Å². The van der Waals surface area contributed by atoms with E-state index in [4.69, 9.17) is 0 Å². The molecular formula is C11H10N2O2. The van der Waals surface area contributed by atoms with E-state index in [-0.39, 0.29) is 11.1 Å². The van der Waals surface area contributed by atoms with Crippen LogP contribution in [0.15, 0.2) is 33.9 Å². The highest BCUT2D eigenvalue weighted by atomic mass is 16.2. The summed E-state index contributed by atoms with van der Waals surface area (Å²) >= 11 is 0. The number of aromatic nitrogens is 2. The Balaban J connectivity index is 2.64. The number of hydrogen-bond donors (Lipinski definition) is 0. The second-order valence-corrected chi connectivity index (χ2v) is 4.27. The lowest BCUT2D eigenvalue weighted by atomic mass is 10.2. The fourth-order valence-electron chi connectivity index (χ4n) is 2.13. The standard InChI is InChI=1S/C11H10N2O2/c1-11(2)12-9(14)7-5-3-4-6-8(7)10(15)13(11)12/h3-6H,1-2H3. The van der Waals surface area contributed by atoms with Crippen molar-refractivity contribution in [1.29, 1.82) is 0 Å². The number of benzene rings is 1. The normalized spacial score (nSPS) is 16.4. The monoisotopic (exact) mass is 202 g/mol. The van der Waals surface area contributed by atoms with Gasteiger partial charge in [0.25, 0.3) is 11.1 Å². The maximum absolute atomic E-state index is 12.0. The molecule has 0 atom stereocenters. The van der Waals surface area contributed by atoms with E-state index in [0.29, 0.717) is 10.8 Å². The molecule has 0 spiro atoms. The third-order valence-corrected chi connectivity index (χ3v) is 2.97. The number of hydrogen-bond acceptors (Lipinski definition) is 2. The number of nitrogens with zero attached hydrogens (tertiary/aromatic N) is 2. The van der Waals surface area contributed by atoms with Gasteiger partial charge in [0, 0.05) is 0 Å². The summed E-state index contributed by atoms with van der Waals surface area (Å²) in [5.74, 6) is 0. The van der Waals surface area contributed by atoms with Crippen LogP contribution in [0.5, 0.6) is 0 Å². The van der Waals surface area contributed by atoms with Gasteiger partial charge in [-0.15, -0.1) is 0 Å². The van der Waals surface area contributed by atoms with Gasteiger partial charge in [0.2, 0.25) is 0 Å². The molecule has 15 heavy (non-hydrogen) atoms. The molecule has 0 radical (unpaired) electrons. The van der Waals surface area contributed by atoms with Crippen LogP contribution in [-0.2, 0) is 5.66 Å². The molecule has 0 amide bonds. The van der Waals surface area contributed by atoms with Crippen LogP contribution in [0.3, 0.4) is 0 Å². The minimum atomic E-state index is -0.465. The minimum absolute atomic E-state index is 0.0878. The molecule has 0 N–H and O–H groups in total. The lowest BCUT2D eigenvalue weighted by Gasteiger charge is -1.91. The van der Waals surface area contributed by atoms with Gasteiger partial charge in [-0.05, 0) is 26.0 Å². The predicted octanol–water partition coefficient (Wildman–Crippen LogP) is 0.717. The first-order valence-corrected chi connectivity index (χ1v) is 4.83. The van der Waals surface area contributed by atoms with Crippen molar-refractivity contribution in [3.05, 3.63) is 45.0 Å². The van der Waals surface area contributed by atoms with Crippen molar-refractivity contribution in [3.8, 4) is 0 Å². The molecule has 0 bridgehead atoms. The van der Waals surface area contributed by atoms with E-state index in [1.807, 2.05) is 13.8 Å². The van der Waals surface area contributed by atoms with Crippen LogP contribution in [0.2, 0.25) is 0 Å². The first-order chi connectivity index (χ1) is 7.05. The van der Waals surface area contributed by atoms with Crippen molar-refractivity contribution in [2.24, 2.45) is 0 Å². The third-order valence-electron chi connectivity index (χ3n) is 2.97. The zero-order chi connectivity index (χ0) is 10.8. The quantitative estimate of drug-likeness (QED) is 0.631. The molecule has 1 aliphatic rings. The topological polar surface area (TPSA) is 44.0 Å². The summed E-state index contributed by atoms with van der Waals surface area (Å²) in [6.07, 6.45) is 0. The Morgan fingerprint density at radius 3 is 1.73 bits per heavy atom. The lowest BCUT2D eigenvalue weighted by molar-refractivity contribution is 0.591. The van der Waals surface area contributed by atoms with Crippen molar-refractivity contribution < 1.29 is 0 Å². The Labute approximate surface area is 85.4 Å². The SMILES string of the molecule is CC1(C)n2c(=O)c3ccccc3c(=O)n21. The van der Waals surface area contributed by atoms with Gasteiger partial charge < -0.3 is 0 Å². The van der Waals surface area contributed by atoms with E-state index in [1.165, 1.54) is 9.36 Å². The number of rotatable bonds is 0. The van der Waals surface area contributed by atoms with Crippen LogP contribution in [0, 0.1) is 0 Å². The fourth-order valence-corrected chi connectivity index (χ4v) is 2.13. The Bertz CT molecular complexity index is 633. The average molecular weight is 202 g/mol. The van der Waals surface area contributed by atoms with Crippen LogP contribution in [0.1, 0.15) is 13.8 Å². The first kappa shape index (κ1) is 8.47. The van der Waals surface area contributed by atoms with E-state index in [9.17, 15) is 9.59 Å². The van der Waals surface area contributed by atoms with E-state index >= 15 is 0 Å². The van der Waals surface area contributed by atoms with E-state index in [0.717, 1.165) is 0 Å². The largest absolute Gasteiger partial charge is 0.275 e. The molecule has 0 aliphatic carbocycles. The predicted molar refractivity (Wildman–Crippen MR) is 57.2 cm³/mol. The molecule has 0 saturated heterocycles. The van der Waals surface area contributed by atoms with Crippen LogP contribution in [0.4, 0.5) is 0 Å². The molecule has 0 unspecified atom stereocenters. The second kappa shape index (κ2) is 2.21. The summed E-state index contributed by atoms with van der Waals surface area (Å²) in [7, 11) is 0. The summed E-state index contributed by atoms with van der Waals surface area (Å²) in [6, 6.07) is 6.94. The van der Waals surface area contributed by atoms with Crippen molar-refractivity contribution >= 4 is 10.8 Å². The van der Waals surface area contributed by atoms with Crippen molar-refractivity contribution in [3.63, 3.8) is 0 Å². The van der Waals surface area contributed by atoms with Gasteiger partial charge in [0.05, 0.1) is 10.8 Å². The fraction of sp³-hybridized carbons (Fsp3) is 0.273. The van der Waals surface area contributed by atoms with Crippen LogP contribution < -0.4 is 11.1 Å². The molecule has 4 nitrogen and oxygen atoms in total. The van der Waals surface area contributed by atoms with Gasteiger partial charge in [0.1, 0.15) is 0 Å². The Morgan fingerprint density at radius 2 is 1.33 bits per heavy atom. The smallest absolute Gasteiger partial charge is 0.267 e. The van der Waals surface area contributed by atoms with E-state index < -0.39 is 5.66 Å². The van der Waals surface area contributed by atoms with Crippen molar-refractivity contribution in [2.75, 3.05) is 0 Å². The molecule has 76 valence electrons. The summed E-state index contributed by atoms with van der Waals surface area (Å²) in [6.45, 7) is 3.71. The number of fused-ring (bicyclic) bond motifs is 2. The van der Waals surface area contributed by atoms with E-state index in [1.54, 1.807) is 24.3 Å². The van der Waals surface area contributed by atoms with Gasteiger partial charge in [-0.3, -0.25) is 9.59 Å². The molecule has 2 aromatic rings. The van der Waals surface area contributed by atoms with Gasteiger partial charge in [-0.2, -0.15) is 0 Å². The average Bonchev–Trinajstić information content (AvgIpc) is 2.79. The highest BCUT2D eigenvalue weighted by molar-refractivity contribution is 5.80.